The van der Waals surface area contributed by atoms with Crippen LogP contribution in [0.4, 0.5) is 5.95 Å². The Balaban J connectivity index is 1.28. The second-order valence-corrected chi connectivity index (χ2v) is 15.6. The van der Waals surface area contributed by atoms with E-state index in [-0.39, 0.29) is 30.1 Å². The maximum absolute atomic E-state index is 13.5. The third-order valence-electron chi connectivity index (χ3n) is 7.06. The Kier molecular flexibility index (Phi) is 8.43. The average Bonchev–Trinajstić information content (AvgIpc) is 3.62. The molecule has 42 heavy (non-hydrogen) atoms. The van der Waals surface area contributed by atoms with Gasteiger partial charge < -0.3 is 24.4 Å². The van der Waals surface area contributed by atoms with Gasteiger partial charge >= 0.3 is 13.6 Å². The van der Waals surface area contributed by atoms with Crippen molar-refractivity contribution in [1.29, 1.82) is 0 Å². The van der Waals surface area contributed by atoms with Crippen molar-refractivity contribution >= 4 is 55.2 Å². The second-order valence-electron chi connectivity index (χ2n) is 9.81. The van der Waals surface area contributed by atoms with Gasteiger partial charge in [-0.2, -0.15) is 4.98 Å². The van der Waals surface area contributed by atoms with Crippen LogP contribution in [0.1, 0.15) is 19.1 Å². The van der Waals surface area contributed by atoms with Gasteiger partial charge in [0.2, 0.25) is 11.8 Å². The van der Waals surface area contributed by atoms with Gasteiger partial charge in [-0.05, 0) is 6.42 Å². The lowest BCUT2D eigenvalue weighted by Crippen LogP contribution is -2.35. The summed E-state index contributed by atoms with van der Waals surface area (Å²) in [5.74, 6) is 0.0301. The molecule has 3 fully saturated rings. The molecule has 0 radical (unpaired) electrons. The summed E-state index contributed by atoms with van der Waals surface area (Å²) in [5.41, 5.74) is -0.437. The highest BCUT2D eigenvalue weighted by molar-refractivity contribution is 8.44. The minimum absolute atomic E-state index is 0.00970. The number of aliphatic hydroxyl groups excluding tert-OH is 1. The van der Waals surface area contributed by atoms with Crippen molar-refractivity contribution in [3.8, 4) is 5.88 Å². The van der Waals surface area contributed by atoms with E-state index in [1.807, 2.05) is 0 Å². The maximum Gasteiger partial charge on any atom is 0.386 e. The molecule has 2 bridgehead atoms. The molecule has 228 valence electrons. The van der Waals surface area contributed by atoms with Gasteiger partial charge in [-0.1, -0.05) is 24.5 Å². The van der Waals surface area contributed by atoms with Gasteiger partial charge in [-0.15, -0.1) is 0 Å². The van der Waals surface area contributed by atoms with Crippen LogP contribution < -0.4 is 15.6 Å². The van der Waals surface area contributed by atoms with E-state index in [0.29, 0.717) is 12.3 Å². The minimum Gasteiger partial charge on any atom is -0.474 e. The number of aromatic nitrogens is 6. The molecule has 0 unspecified atom stereocenters. The van der Waals surface area contributed by atoms with Gasteiger partial charge in [0.25, 0.3) is 5.56 Å². The number of anilines is 1. The number of fused-ring (bicyclic) bond motifs is 4. The van der Waals surface area contributed by atoms with Crippen LogP contribution in [0.3, 0.4) is 0 Å². The summed E-state index contributed by atoms with van der Waals surface area (Å²) >= 11 is 8.29. The monoisotopic (exact) mass is 663 g/mol. The Labute approximate surface area is 248 Å². The number of hydrogen-bond donors (Lipinski definition) is 5. The van der Waals surface area contributed by atoms with Crippen LogP contribution in [0.15, 0.2) is 29.7 Å². The molecule has 0 aromatic carbocycles. The lowest BCUT2D eigenvalue weighted by atomic mass is 10.1. The molecular weight excluding hydrogens is 636 g/mol. The van der Waals surface area contributed by atoms with Crippen molar-refractivity contribution in [2.75, 3.05) is 25.6 Å². The standard InChI is InChI=1S/C21H27N7O10P2S2/c1-22-21-26-18-15(19(30)27-21)25-9-28(18)20-17-16(29)13(36-20)7-34-39(31,41)37-12-5-11(35-14-2-3-23-8-24-14)4-10(12)6-33-40(32,42)38-17/h2-3,8-13,16-17,20,29H,4-7H2,1H3,(H,31,41)(H,32,42)(H2,22,26,27,30)/t10-,11-,12+,13+,16-,17-,20-,39-,40-/m1/s1. The van der Waals surface area contributed by atoms with Gasteiger partial charge in [0.1, 0.15) is 30.7 Å². The van der Waals surface area contributed by atoms with Crippen molar-refractivity contribution in [1.82, 2.24) is 29.5 Å². The molecule has 3 aromatic rings. The molecule has 5 heterocycles. The summed E-state index contributed by atoms with van der Waals surface area (Å²) in [5, 5.41) is 13.9. The smallest absolute Gasteiger partial charge is 0.386 e. The van der Waals surface area contributed by atoms with Gasteiger partial charge in [-0.25, -0.2) is 24.1 Å². The molecule has 6 rings (SSSR count). The zero-order chi connectivity index (χ0) is 29.6. The molecule has 2 aliphatic heterocycles. The van der Waals surface area contributed by atoms with Crippen molar-refractivity contribution in [2.24, 2.45) is 5.92 Å². The highest BCUT2D eigenvalue weighted by Crippen LogP contribution is 2.60. The number of aliphatic hydroxyl groups is 1. The minimum atomic E-state index is -4.15. The molecular formula is C21H27N7O10P2S2. The van der Waals surface area contributed by atoms with Gasteiger partial charge in [0.05, 0.1) is 25.6 Å². The van der Waals surface area contributed by atoms with Crippen LogP contribution >= 0.6 is 38.1 Å². The number of aromatic amines is 1. The summed E-state index contributed by atoms with van der Waals surface area (Å²) in [6.07, 6.45) is -1.52. The van der Waals surface area contributed by atoms with E-state index in [2.05, 4.69) is 54.7 Å². The van der Waals surface area contributed by atoms with Crippen molar-refractivity contribution in [3.05, 3.63) is 35.3 Å². The third-order valence-corrected chi connectivity index (χ3v) is 10.3. The molecule has 2 saturated heterocycles. The Bertz CT molecular complexity index is 1600. The van der Waals surface area contributed by atoms with Crippen LogP contribution in [0.25, 0.3) is 11.2 Å². The topological polar surface area (TPSA) is 211 Å². The van der Waals surface area contributed by atoms with Crippen molar-refractivity contribution < 1.29 is 41.8 Å². The number of nitrogens with one attached hydrogen (secondary N) is 2. The van der Waals surface area contributed by atoms with E-state index < -0.39 is 68.4 Å². The van der Waals surface area contributed by atoms with Crippen molar-refractivity contribution in [2.45, 2.75) is 49.6 Å². The molecule has 3 aliphatic rings. The van der Waals surface area contributed by atoms with Crippen LogP contribution in [-0.2, 0) is 32.0 Å². The van der Waals surface area contributed by atoms with E-state index in [9.17, 15) is 19.0 Å². The summed E-state index contributed by atoms with van der Waals surface area (Å²) < 4.78 is 62.7. The fraction of sp³-hybridized carbons (Fsp3) is 0.571. The fourth-order valence-electron chi connectivity index (χ4n) is 5.12. The quantitative estimate of drug-likeness (QED) is 0.200. The van der Waals surface area contributed by atoms with Gasteiger partial charge in [-0.3, -0.25) is 27.9 Å². The van der Waals surface area contributed by atoms with E-state index in [4.69, 9.17) is 27.6 Å². The molecule has 3 aromatic heterocycles. The maximum atomic E-state index is 13.5. The predicted molar refractivity (Wildman–Crippen MR) is 152 cm³/mol. The Hall–Kier alpha value is -2.05. The number of ether oxygens (including phenoxy) is 2. The van der Waals surface area contributed by atoms with Crippen molar-refractivity contribution in [3.63, 3.8) is 0 Å². The van der Waals surface area contributed by atoms with Crippen LogP contribution in [0.2, 0.25) is 0 Å². The SMILES string of the molecule is CNc1nc2c(ncn2[C@@H]2O[C@H]3CO[P@@](=O)(S)O[C@H]4C[C@H](Oc5ccncn5)C[C@@H]4CO[P@@](=O)(S)O[C@@H]2[C@@H]3O)c(=O)[nH]1. The highest BCUT2D eigenvalue weighted by atomic mass is 32.7. The van der Waals surface area contributed by atoms with Crippen LogP contribution in [-0.4, -0.2) is 85.4 Å². The van der Waals surface area contributed by atoms with E-state index >= 15 is 0 Å². The summed E-state index contributed by atoms with van der Waals surface area (Å²) in [4.78, 5) is 31.4. The summed E-state index contributed by atoms with van der Waals surface area (Å²) in [7, 11) is 1.57. The Morgan fingerprint density at radius 1 is 1.14 bits per heavy atom. The normalized spacial score (nSPS) is 37.4. The predicted octanol–water partition coefficient (Wildman–Crippen LogP) is 1.96. The van der Waals surface area contributed by atoms with Crippen LogP contribution in [0, 0.1) is 5.92 Å². The zero-order valence-corrected chi connectivity index (χ0v) is 25.4. The molecule has 0 spiro atoms. The molecule has 1 saturated carbocycles. The van der Waals surface area contributed by atoms with E-state index in [1.54, 1.807) is 13.1 Å². The molecule has 3 N–H and O–H groups in total. The van der Waals surface area contributed by atoms with Crippen LogP contribution in [0.5, 0.6) is 5.88 Å². The second kappa shape index (κ2) is 11.8. The number of imidazole rings is 1. The lowest BCUT2D eigenvalue weighted by molar-refractivity contribution is -0.0487. The number of thiol groups is 2. The zero-order valence-electron chi connectivity index (χ0n) is 21.8. The first-order chi connectivity index (χ1) is 20.0. The van der Waals surface area contributed by atoms with Gasteiger partial charge in [0, 0.05) is 31.6 Å². The molecule has 9 atom stereocenters. The number of H-pyrrole nitrogens is 1. The molecule has 0 amide bonds. The first-order valence-corrected chi connectivity index (χ1v) is 18.1. The number of rotatable bonds is 4. The number of nitrogens with zero attached hydrogens (tertiary/aromatic N) is 5. The molecule has 21 heteroatoms. The summed E-state index contributed by atoms with van der Waals surface area (Å²) in [6, 6.07) is 1.60. The average molecular weight is 664 g/mol. The Morgan fingerprint density at radius 3 is 2.69 bits per heavy atom. The summed E-state index contributed by atoms with van der Waals surface area (Å²) in [6.45, 7) is -8.78. The van der Waals surface area contributed by atoms with Gasteiger partial charge in [0.15, 0.2) is 17.4 Å². The third kappa shape index (κ3) is 6.26. The van der Waals surface area contributed by atoms with E-state index in [0.717, 1.165) is 0 Å². The molecule has 1 aliphatic carbocycles. The molecule has 17 nitrogen and oxygen atoms in total. The van der Waals surface area contributed by atoms with E-state index in [1.165, 1.54) is 23.4 Å². The first kappa shape index (κ1) is 30.0. The number of hydrogen-bond acceptors (Lipinski definition) is 15. The highest BCUT2D eigenvalue weighted by Gasteiger charge is 2.51. The fourth-order valence-corrected chi connectivity index (χ4v) is 8.19. The Morgan fingerprint density at radius 2 is 1.93 bits per heavy atom. The lowest BCUT2D eigenvalue weighted by Gasteiger charge is -2.26. The first-order valence-electron chi connectivity index (χ1n) is 12.7. The largest absolute Gasteiger partial charge is 0.474 e.